The molecule has 20 heteroatoms. The number of sulfone groups is 1. The zero-order valence-corrected chi connectivity index (χ0v) is 26.7. The van der Waals surface area contributed by atoms with Crippen LogP contribution in [0.5, 0.6) is 0 Å². The molecule has 50 heavy (non-hydrogen) atoms. The van der Waals surface area contributed by atoms with Crippen LogP contribution in [-0.2, 0) is 44.3 Å². The van der Waals surface area contributed by atoms with Crippen LogP contribution < -0.4 is 10.6 Å². The maximum atomic E-state index is 13.8. The zero-order valence-electron chi connectivity index (χ0n) is 25.9. The van der Waals surface area contributed by atoms with Crippen LogP contribution in [0.15, 0.2) is 47.5 Å². The second-order valence-electron chi connectivity index (χ2n) is 11.4. The lowest BCUT2D eigenvalue weighted by atomic mass is 9.80. The van der Waals surface area contributed by atoms with E-state index in [0.29, 0.717) is 35.4 Å². The number of methoxy groups -OCH3 is 1. The monoisotopic (exact) mass is 742 g/mol. The van der Waals surface area contributed by atoms with Gasteiger partial charge < -0.3 is 15.6 Å². The number of halogens is 9. The number of hydrogen-bond acceptors (Lipinski definition) is 8. The van der Waals surface area contributed by atoms with E-state index in [2.05, 4.69) is 14.7 Å². The molecule has 0 saturated carbocycles. The minimum absolute atomic E-state index is 0.104. The maximum Gasteiger partial charge on any atom is 0.416 e. The van der Waals surface area contributed by atoms with E-state index < -0.39 is 116 Å². The van der Waals surface area contributed by atoms with Crippen molar-refractivity contribution >= 4 is 27.6 Å². The van der Waals surface area contributed by atoms with Gasteiger partial charge in [-0.25, -0.2) is 23.2 Å². The normalized spacial score (nSPS) is 18.5. The molecule has 0 radical (unpaired) electrons. The number of carboxylic acid groups (broad SMARTS) is 1. The number of hydrogen-bond donors (Lipinski definition) is 2. The molecule has 0 bridgehead atoms. The average molecular weight is 743 g/mol. The van der Waals surface area contributed by atoms with Gasteiger partial charge in [-0.1, -0.05) is 6.92 Å². The number of carbonyl (C=O) groups excluding carboxylic acids is 1. The van der Waals surface area contributed by atoms with Crippen molar-refractivity contribution in [3.05, 3.63) is 81.9 Å². The van der Waals surface area contributed by atoms with Gasteiger partial charge in [-0.15, -0.1) is 0 Å². The van der Waals surface area contributed by atoms with E-state index in [4.69, 9.17) is 5.73 Å². The number of alkyl halides is 9. The Hall–Kier alpha value is -4.46. The Kier molecular flexibility index (Phi) is 10.2. The second-order valence-corrected chi connectivity index (χ2v) is 13.5. The minimum Gasteiger partial charge on any atom is -0.469 e. The molecular weight excluding hydrogens is 715 g/mol. The largest absolute Gasteiger partial charge is 0.469 e. The summed E-state index contributed by atoms with van der Waals surface area (Å²) < 4.78 is 154. The molecule has 3 aromatic rings. The van der Waals surface area contributed by atoms with Crippen molar-refractivity contribution in [2.75, 3.05) is 17.8 Å². The van der Waals surface area contributed by atoms with E-state index in [0.717, 1.165) is 13.2 Å². The fraction of sp³-hybridized carbons (Fsp3) is 0.400. The molecule has 2 atom stereocenters. The first-order valence-electron chi connectivity index (χ1n) is 14.4. The van der Waals surface area contributed by atoms with E-state index in [-0.39, 0.29) is 23.7 Å². The highest BCUT2D eigenvalue weighted by atomic mass is 32.2. The van der Waals surface area contributed by atoms with E-state index in [1.54, 1.807) is 0 Å². The second kappa shape index (κ2) is 13.3. The summed E-state index contributed by atoms with van der Waals surface area (Å²) in [6.45, 7) is 1.48. The Bertz CT molecular complexity index is 1880. The third-order valence-electron chi connectivity index (χ3n) is 8.09. The van der Waals surface area contributed by atoms with Crippen molar-refractivity contribution in [1.29, 1.82) is 0 Å². The first-order valence-corrected chi connectivity index (χ1v) is 16.0. The van der Waals surface area contributed by atoms with Gasteiger partial charge in [0.15, 0.2) is 9.84 Å². The maximum absolute atomic E-state index is 13.8. The van der Waals surface area contributed by atoms with Crippen LogP contribution in [0.4, 0.5) is 50.0 Å². The number of amides is 1. The fourth-order valence-electron chi connectivity index (χ4n) is 5.55. The number of nitrogens with zero attached hydrogens (tertiary/aromatic N) is 3. The van der Waals surface area contributed by atoms with E-state index in [1.165, 1.54) is 6.92 Å². The summed E-state index contributed by atoms with van der Waals surface area (Å²) in [5.41, 5.74) is -1.92. The van der Waals surface area contributed by atoms with Crippen LogP contribution in [0.25, 0.3) is 0 Å². The van der Waals surface area contributed by atoms with Crippen molar-refractivity contribution < 1.29 is 67.4 Å². The number of rotatable bonds is 8. The number of benzene rings is 2. The Balaban J connectivity index is 1.99. The van der Waals surface area contributed by atoms with Crippen LogP contribution in [0, 0.1) is 0 Å². The quantitative estimate of drug-likeness (QED) is 0.193. The minimum atomic E-state index is -5.26. The first-order chi connectivity index (χ1) is 22.9. The number of fused-ring (bicyclic) bond motifs is 1. The number of anilines is 1. The molecule has 1 aliphatic rings. The number of ether oxygens (including phenoxy) is 1. The molecule has 0 aliphatic carbocycles. The van der Waals surface area contributed by atoms with Crippen molar-refractivity contribution in [2.45, 2.75) is 67.6 Å². The molecule has 0 unspecified atom stereocenters. The van der Waals surface area contributed by atoms with E-state index >= 15 is 0 Å². The van der Waals surface area contributed by atoms with Gasteiger partial charge in [-0.05, 0) is 60.4 Å². The number of nitrogens with two attached hydrogens (primary N) is 1. The SMILES string of the molecule is CC[C@]1(N)C[C@H](c2ncc(S(=O)(=O)CCC(=O)OC)c(Cc3cc(C(F)(F)F)cc(C(F)(F)F)c3)n2)c2cc(C(F)(F)F)ccc2N1C(=O)O. The summed E-state index contributed by atoms with van der Waals surface area (Å²) >= 11 is 0. The van der Waals surface area contributed by atoms with Crippen LogP contribution in [0.2, 0.25) is 0 Å². The summed E-state index contributed by atoms with van der Waals surface area (Å²) in [7, 11) is -3.64. The lowest BCUT2D eigenvalue weighted by Gasteiger charge is -2.46. The van der Waals surface area contributed by atoms with E-state index in [9.17, 15) is 62.6 Å². The van der Waals surface area contributed by atoms with Gasteiger partial charge in [-0.2, -0.15) is 39.5 Å². The molecule has 2 heterocycles. The van der Waals surface area contributed by atoms with Gasteiger partial charge in [0.05, 0.1) is 47.4 Å². The summed E-state index contributed by atoms with van der Waals surface area (Å²) in [5.74, 6) is -3.75. The Morgan fingerprint density at radius 1 is 0.980 bits per heavy atom. The first kappa shape index (κ1) is 38.3. The molecule has 0 saturated heterocycles. The smallest absolute Gasteiger partial charge is 0.416 e. The van der Waals surface area contributed by atoms with Gasteiger partial charge in [0, 0.05) is 18.5 Å². The Morgan fingerprint density at radius 2 is 1.56 bits per heavy atom. The van der Waals surface area contributed by atoms with Crippen molar-refractivity contribution in [3.8, 4) is 0 Å². The molecule has 4 rings (SSSR count). The molecule has 3 N–H and O–H groups in total. The van der Waals surface area contributed by atoms with Crippen molar-refractivity contribution in [1.82, 2.24) is 9.97 Å². The van der Waals surface area contributed by atoms with Gasteiger partial charge in [0.2, 0.25) is 0 Å². The summed E-state index contributed by atoms with van der Waals surface area (Å²) in [6, 6.07) is 2.66. The topological polar surface area (TPSA) is 153 Å². The number of aromatic nitrogens is 2. The summed E-state index contributed by atoms with van der Waals surface area (Å²) in [4.78, 5) is 32.1. The fourth-order valence-corrected chi connectivity index (χ4v) is 6.90. The lowest BCUT2D eigenvalue weighted by Crippen LogP contribution is -2.61. The van der Waals surface area contributed by atoms with Gasteiger partial charge in [0.25, 0.3) is 0 Å². The van der Waals surface area contributed by atoms with Gasteiger partial charge in [0.1, 0.15) is 16.4 Å². The van der Waals surface area contributed by atoms with Crippen LogP contribution in [0.1, 0.15) is 71.4 Å². The van der Waals surface area contributed by atoms with Crippen molar-refractivity contribution in [2.24, 2.45) is 5.73 Å². The highest BCUT2D eigenvalue weighted by Crippen LogP contribution is 2.47. The summed E-state index contributed by atoms with van der Waals surface area (Å²) in [5, 5.41) is 9.97. The molecule has 1 amide bonds. The Labute approximate surface area is 278 Å². The van der Waals surface area contributed by atoms with Crippen LogP contribution in [-0.4, -0.2) is 54.1 Å². The van der Waals surface area contributed by atoms with Crippen LogP contribution in [0.3, 0.4) is 0 Å². The third kappa shape index (κ3) is 7.95. The van der Waals surface area contributed by atoms with Gasteiger partial charge >= 0.3 is 30.6 Å². The molecule has 1 aromatic heterocycles. The molecule has 1 aliphatic heterocycles. The standard InChI is InChI=1S/C30H27F9N4O6S/c1-3-27(40)13-20(19-12-16(28(31,32)33)4-5-22(19)43(27)26(45)46)25-41-14-23(50(47,48)7-6-24(44)49-2)21(42-25)10-15-8-17(29(34,35)36)11-18(9-15)30(37,38)39/h4-5,8-9,11-12,14,20H,3,6-7,10,13,40H2,1-2H3,(H,45,46)/t20-,27+/m0/s1. The van der Waals surface area contributed by atoms with E-state index in [1.807, 2.05) is 0 Å². The van der Waals surface area contributed by atoms with Crippen LogP contribution >= 0.6 is 0 Å². The average Bonchev–Trinajstić information content (AvgIpc) is 3.01. The molecule has 0 spiro atoms. The predicted molar refractivity (Wildman–Crippen MR) is 156 cm³/mol. The summed E-state index contributed by atoms with van der Waals surface area (Å²) in [6.07, 6.45) is -18.7. The molecule has 272 valence electrons. The number of carbonyl (C=O) groups is 2. The lowest BCUT2D eigenvalue weighted by molar-refractivity contribution is -0.143. The Morgan fingerprint density at radius 3 is 2.06 bits per heavy atom. The number of esters is 1. The highest BCUT2D eigenvalue weighted by molar-refractivity contribution is 7.91. The molecular formula is C30H27F9N4O6S. The molecule has 0 fully saturated rings. The molecule has 10 nitrogen and oxygen atoms in total. The highest BCUT2D eigenvalue weighted by Gasteiger charge is 2.47. The molecule has 2 aromatic carbocycles. The predicted octanol–water partition coefficient (Wildman–Crippen LogP) is 6.55. The zero-order chi connectivity index (χ0) is 37.6. The van der Waals surface area contributed by atoms with Gasteiger partial charge in [-0.3, -0.25) is 9.69 Å². The third-order valence-corrected chi connectivity index (χ3v) is 9.85. The van der Waals surface area contributed by atoms with Crippen molar-refractivity contribution in [3.63, 3.8) is 0 Å².